The van der Waals surface area contributed by atoms with Crippen LogP contribution >= 0.6 is 0 Å². The highest BCUT2D eigenvalue weighted by Crippen LogP contribution is 2.58. The zero-order valence-corrected chi connectivity index (χ0v) is 28.0. The molecule has 0 fully saturated rings. The van der Waals surface area contributed by atoms with Crippen molar-refractivity contribution in [3.8, 4) is 16.9 Å². The Hall–Kier alpha value is -6.37. The highest BCUT2D eigenvalue weighted by molar-refractivity contribution is 6.08. The van der Waals surface area contributed by atoms with E-state index < -0.39 is 5.60 Å². The molecule has 0 saturated carbocycles. The van der Waals surface area contributed by atoms with Crippen LogP contribution < -0.4 is 9.64 Å². The molecule has 1 aliphatic carbocycles. The van der Waals surface area contributed by atoms with Crippen LogP contribution in [0.4, 0.5) is 22.7 Å². The average molecular weight is 643 g/mol. The van der Waals surface area contributed by atoms with Crippen LogP contribution in [0.15, 0.2) is 164 Å². The number of benzene rings is 7. The molecule has 1 heterocycles. The van der Waals surface area contributed by atoms with Gasteiger partial charge in [-0.3, -0.25) is 0 Å². The molecule has 0 N–H and O–H groups in total. The van der Waals surface area contributed by atoms with Crippen molar-refractivity contribution in [3.05, 3.63) is 203 Å². The fraction of sp³-hybridized carbons (Fsp3) is 0.0851. The lowest BCUT2D eigenvalue weighted by Gasteiger charge is -2.38. The molecule has 0 saturated heterocycles. The summed E-state index contributed by atoms with van der Waals surface area (Å²) in [4.78, 5) is 6.05. The fourth-order valence-corrected chi connectivity index (χ4v) is 8.11. The lowest BCUT2D eigenvalue weighted by atomic mass is 9.76. The standard InChI is InChI=1S/C47H34N2O/c1-46(2)42-31-34(48-3)25-28-40(42)43-38-21-13-14-22-39(38)45-41(44(43)46)29-30-47(50-45,32-15-7-4-8-16-32)33-23-26-37(27-24-33)49(35-17-9-5-10-18-35)36-19-11-6-12-20-36/h4-31H,1-2H3. The lowest BCUT2D eigenvalue weighted by molar-refractivity contribution is 0.163. The van der Waals surface area contributed by atoms with Crippen molar-refractivity contribution in [2.45, 2.75) is 24.9 Å². The van der Waals surface area contributed by atoms with Gasteiger partial charge < -0.3 is 9.64 Å². The van der Waals surface area contributed by atoms with Crippen molar-refractivity contribution in [3.63, 3.8) is 0 Å². The zero-order valence-electron chi connectivity index (χ0n) is 28.0. The molecular weight excluding hydrogens is 609 g/mol. The molecule has 3 heteroatoms. The van der Waals surface area contributed by atoms with E-state index in [2.05, 4.69) is 175 Å². The van der Waals surface area contributed by atoms with Gasteiger partial charge in [-0.2, -0.15) is 0 Å². The van der Waals surface area contributed by atoms with E-state index in [9.17, 15) is 0 Å². The third-order valence-corrected chi connectivity index (χ3v) is 10.4. The number of rotatable bonds is 5. The van der Waals surface area contributed by atoms with Gasteiger partial charge >= 0.3 is 0 Å². The maximum Gasteiger partial charge on any atom is 0.187 e. The van der Waals surface area contributed by atoms with Gasteiger partial charge in [0.1, 0.15) is 5.75 Å². The van der Waals surface area contributed by atoms with E-state index in [0.29, 0.717) is 5.69 Å². The summed E-state index contributed by atoms with van der Waals surface area (Å²) in [6.45, 7) is 12.3. The van der Waals surface area contributed by atoms with E-state index in [0.717, 1.165) is 50.3 Å². The summed E-state index contributed by atoms with van der Waals surface area (Å²) >= 11 is 0. The Balaban J connectivity index is 1.23. The molecule has 9 rings (SSSR count). The number of hydrogen-bond donors (Lipinski definition) is 0. The van der Waals surface area contributed by atoms with Crippen molar-refractivity contribution in [2.24, 2.45) is 0 Å². The van der Waals surface area contributed by atoms with Crippen molar-refractivity contribution in [1.82, 2.24) is 0 Å². The molecule has 238 valence electrons. The van der Waals surface area contributed by atoms with Gasteiger partial charge in [0.15, 0.2) is 11.3 Å². The monoisotopic (exact) mass is 642 g/mol. The zero-order chi connectivity index (χ0) is 33.9. The normalized spacial score (nSPS) is 16.5. The molecule has 0 bridgehead atoms. The second-order valence-electron chi connectivity index (χ2n) is 13.6. The maximum absolute atomic E-state index is 7.70. The molecule has 1 aliphatic heterocycles. The molecule has 1 atom stereocenters. The van der Waals surface area contributed by atoms with Gasteiger partial charge in [-0.15, -0.1) is 0 Å². The first-order valence-corrected chi connectivity index (χ1v) is 17.1. The predicted octanol–water partition coefficient (Wildman–Crippen LogP) is 12.5. The molecule has 7 aromatic rings. The second kappa shape index (κ2) is 11.4. The van der Waals surface area contributed by atoms with E-state index in [1.165, 1.54) is 22.3 Å². The molecule has 0 radical (unpaired) electrons. The maximum atomic E-state index is 7.70. The van der Waals surface area contributed by atoms with Crippen molar-refractivity contribution in [2.75, 3.05) is 4.90 Å². The van der Waals surface area contributed by atoms with Crippen molar-refractivity contribution >= 4 is 39.6 Å². The number of anilines is 3. The van der Waals surface area contributed by atoms with E-state index in [-0.39, 0.29) is 5.41 Å². The van der Waals surface area contributed by atoms with Crippen molar-refractivity contribution in [1.29, 1.82) is 0 Å². The Labute approximate surface area is 293 Å². The molecule has 0 spiro atoms. The first-order valence-electron chi connectivity index (χ1n) is 17.1. The number of hydrogen-bond acceptors (Lipinski definition) is 2. The molecular formula is C47H34N2O. The van der Waals surface area contributed by atoms with Gasteiger partial charge in [0.2, 0.25) is 0 Å². The summed E-state index contributed by atoms with van der Waals surface area (Å²) in [6, 6.07) is 55.1. The van der Waals surface area contributed by atoms with E-state index >= 15 is 0 Å². The lowest BCUT2D eigenvalue weighted by Crippen LogP contribution is -2.35. The third-order valence-electron chi connectivity index (χ3n) is 10.4. The summed E-state index contributed by atoms with van der Waals surface area (Å²) in [6.07, 6.45) is 4.53. The van der Waals surface area contributed by atoms with E-state index in [1.54, 1.807) is 0 Å². The molecule has 3 nitrogen and oxygen atoms in total. The fourth-order valence-electron chi connectivity index (χ4n) is 8.11. The van der Waals surface area contributed by atoms with Crippen LogP contribution in [0, 0.1) is 6.57 Å². The highest BCUT2D eigenvalue weighted by Gasteiger charge is 2.44. The number of para-hydroxylation sites is 2. The minimum Gasteiger partial charge on any atom is -0.472 e. The molecule has 2 aliphatic rings. The SMILES string of the molecule is [C-]#[N+]c1ccc2c(c1)C(C)(C)c1c3c(c4ccccc4c1-2)OC(c1ccccc1)(c1ccc(N(c2ccccc2)c2ccccc2)cc1)C=C3. The van der Waals surface area contributed by atoms with Gasteiger partial charge in [-0.1, -0.05) is 141 Å². The van der Waals surface area contributed by atoms with Crippen LogP contribution in [-0.4, -0.2) is 0 Å². The Morgan fingerprint density at radius 3 is 1.80 bits per heavy atom. The van der Waals surface area contributed by atoms with Gasteiger partial charge in [0.25, 0.3) is 0 Å². The average Bonchev–Trinajstić information content (AvgIpc) is 3.42. The van der Waals surface area contributed by atoms with Crippen LogP contribution in [0.3, 0.4) is 0 Å². The quantitative estimate of drug-likeness (QED) is 0.174. The number of ether oxygens (including phenoxy) is 1. The first kappa shape index (κ1) is 29.7. The Bertz CT molecular complexity index is 2440. The first-order chi connectivity index (χ1) is 24.5. The summed E-state index contributed by atoms with van der Waals surface area (Å²) in [7, 11) is 0. The Kier molecular flexibility index (Phi) is 6.76. The Morgan fingerprint density at radius 1 is 0.600 bits per heavy atom. The third kappa shape index (κ3) is 4.42. The van der Waals surface area contributed by atoms with Crippen LogP contribution in [0.2, 0.25) is 0 Å². The van der Waals surface area contributed by atoms with E-state index in [1.807, 2.05) is 18.2 Å². The molecule has 50 heavy (non-hydrogen) atoms. The summed E-state index contributed by atoms with van der Waals surface area (Å²) < 4.78 is 7.49. The topological polar surface area (TPSA) is 16.8 Å². The van der Waals surface area contributed by atoms with Gasteiger partial charge in [-0.05, 0) is 70.1 Å². The minimum absolute atomic E-state index is 0.320. The Morgan fingerprint density at radius 2 is 1.16 bits per heavy atom. The smallest absolute Gasteiger partial charge is 0.187 e. The summed E-state index contributed by atoms with van der Waals surface area (Å²) in [5, 5.41) is 2.25. The van der Waals surface area contributed by atoms with Gasteiger partial charge in [0.05, 0.1) is 6.57 Å². The van der Waals surface area contributed by atoms with Gasteiger partial charge in [0, 0.05) is 44.6 Å². The predicted molar refractivity (Wildman–Crippen MR) is 206 cm³/mol. The molecule has 0 amide bonds. The minimum atomic E-state index is -0.860. The van der Waals surface area contributed by atoms with Crippen LogP contribution in [0.1, 0.15) is 41.7 Å². The van der Waals surface area contributed by atoms with Crippen molar-refractivity contribution < 1.29 is 4.74 Å². The number of fused-ring (bicyclic) bond motifs is 8. The van der Waals surface area contributed by atoms with Crippen LogP contribution in [0.25, 0.3) is 32.8 Å². The van der Waals surface area contributed by atoms with Gasteiger partial charge in [-0.25, -0.2) is 4.85 Å². The molecule has 7 aromatic carbocycles. The summed E-state index contributed by atoms with van der Waals surface area (Å²) in [5.74, 6) is 0.885. The van der Waals surface area contributed by atoms with Crippen LogP contribution in [0.5, 0.6) is 5.75 Å². The molecule has 1 unspecified atom stereocenters. The highest BCUT2D eigenvalue weighted by atomic mass is 16.5. The largest absolute Gasteiger partial charge is 0.472 e. The molecule has 0 aromatic heterocycles. The second-order valence-corrected chi connectivity index (χ2v) is 13.6. The van der Waals surface area contributed by atoms with E-state index in [4.69, 9.17) is 11.3 Å². The number of nitrogens with zero attached hydrogens (tertiary/aromatic N) is 2. The summed E-state index contributed by atoms with van der Waals surface area (Å²) in [5.41, 5.74) is 10.8. The van der Waals surface area contributed by atoms with Crippen LogP contribution in [-0.2, 0) is 11.0 Å².